The van der Waals surface area contributed by atoms with Crippen LogP contribution in [0.25, 0.3) is 0 Å². The Labute approximate surface area is 260 Å². The van der Waals surface area contributed by atoms with Gasteiger partial charge >= 0.3 is 5.97 Å². The summed E-state index contributed by atoms with van der Waals surface area (Å²) in [5.74, 6) is 2.74. The van der Waals surface area contributed by atoms with Crippen molar-refractivity contribution in [1.82, 2.24) is 0 Å². The molecule has 0 saturated heterocycles. The second-order valence-electron chi connectivity index (χ2n) is 10.7. The molecule has 0 radical (unpaired) electrons. The average Bonchev–Trinajstić information content (AvgIpc) is 3.03. The van der Waals surface area contributed by atoms with Gasteiger partial charge in [0.15, 0.2) is 23.0 Å². The van der Waals surface area contributed by atoms with Crippen molar-refractivity contribution in [3.05, 3.63) is 77.4 Å². The zero-order chi connectivity index (χ0) is 32.3. The fourth-order valence-electron chi connectivity index (χ4n) is 5.38. The predicted octanol–water partition coefficient (Wildman–Crippen LogP) is 4.94. The molecule has 0 N–H and O–H groups in total. The van der Waals surface area contributed by atoms with E-state index >= 15 is 0 Å². The van der Waals surface area contributed by atoms with Crippen LogP contribution in [0.3, 0.4) is 0 Å². The first-order valence-electron chi connectivity index (χ1n) is 14.5. The van der Waals surface area contributed by atoms with E-state index in [1.54, 1.807) is 34.5 Å². The maximum atomic E-state index is 12.3. The van der Waals surface area contributed by atoms with E-state index in [1.807, 2.05) is 19.1 Å². The summed E-state index contributed by atoms with van der Waals surface area (Å²) < 4.78 is 59.1. The smallest absolute Gasteiger partial charge is 0.311 e. The molecular formula is C33H43NO9S. The molecule has 0 aromatic heterocycles. The van der Waals surface area contributed by atoms with Crippen molar-refractivity contribution in [1.29, 1.82) is 0 Å². The average molecular weight is 630 g/mol. The highest BCUT2D eigenvalue weighted by Gasteiger charge is 2.40. The Bertz CT molecular complexity index is 1490. The Kier molecular flexibility index (Phi) is 12.4. The van der Waals surface area contributed by atoms with Crippen LogP contribution in [-0.2, 0) is 32.5 Å². The van der Waals surface area contributed by atoms with Crippen molar-refractivity contribution in [2.24, 2.45) is 0 Å². The standard InChI is InChI=1S/C27H38NO6.C6H6O3S/c1-7-14-34-27(29)11-13-28(2)12-10-20-17-25(32-5)26(33-6)18-21(20)22(28)15-19-8-9-23(30-3)24(16-19)31-4;7-10(8,9)6-4-2-1-3-5-6/h8-9,16-18,22H,7,10-15H2,1-6H3;1-5H,(H,7,8,9)/q+1;/p-1. The van der Waals surface area contributed by atoms with E-state index in [-0.39, 0.29) is 16.9 Å². The number of fused-ring (bicyclic) bond motifs is 1. The van der Waals surface area contributed by atoms with Crippen molar-refractivity contribution in [2.75, 3.05) is 55.2 Å². The lowest BCUT2D eigenvalue weighted by Gasteiger charge is -2.46. The Morgan fingerprint density at radius 2 is 1.50 bits per heavy atom. The first-order chi connectivity index (χ1) is 21.0. The van der Waals surface area contributed by atoms with Gasteiger partial charge in [-0.3, -0.25) is 4.79 Å². The van der Waals surface area contributed by atoms with Gasteiger partial charge in [0.05, 0.1) is 66.5 Å². The van der Waals surface area contributed by atoms with Gasteiger partial charge in [-0.15, -0.1) is 0 Å². The minimum Gasteiger partial charge on any atom is -0.744 e. The molecule has 0 bridgehead atoms. The maximum Gasteiger partial charge on any atom is 0.311 e. The first-order valence-corrected chi connectivity index (χ1v) is 15.9. The monoisotopic (exact) mass is 629 g/mol. The van der Waals surface area contributed by atoms with E-state index in [2.05, 4.69) is 25.2 Å². The summed E-state index contributed by atoms with van der Waals surface area (Å²) in [7, 11) is 4.59. The highest BCUT2D eigenvalue weighted by molar-refractivity contribution is 7.85. The van der Waals surface area contributed by atoms with Gasteiger partial charge in [0.25, 0.3) is 0 Å². The fraction of sp³-hybridized carbons (Fsp3) is 0.424. The van der Waals surface area contributed by atoms with E-state index in [4.69, 9.17) is 23.7 Å². The summed E-state index contributed by atoms with van der Waals surface area (Å²) >= 11 is 0. The van der Waals surface area contributed by atoms with Crippen molar-refractivity contribution < 1.29 is 45.9 Å². The summed E-state index contributed by atoms with van der Waals surface area (Å²) in [5.41, 5.74) is 3.62. The number of rotatable bonds is 12. The van der Waals surface area contributed by atoms with Crippen LogP contribution in [0, 0.1) is 0 Å². The molecular weight excluding hydrogens is 586 g/mol. The molecule has 2 atom stereocenters. The minimum absolute atomic E-state index is 0.126. The molecule has 1 aliphatic rings. The van der Waals surface area contributed by atoms with E-state index < -0.39 is 10.1 Å². The minimum atomic E-state index is -4.25. The molecule has 1 aliphatic heterocycles. The number of esters is 1. The third-order valence-corrected chi connectivity index (χ3v) is 8.70. The van der Waals surface area contributed by atoms with E-state index in [9.17, 15) is 17.8 Å². The third-order valence-electron chi connectivity index (χ3n) is 7.85. The summed E-state index contributed by atoms with van der Waals surface area (Å²) in [6, 6.07) is 17.6. The second-order valence-corrected chi connectivity index (χ2v) is 12.1. The van der Waals surface area contributed by atoms with Crippen molar-refractivity contribution >= 4 is 16.1 Å². The predicted molar refractivity (Wildman–Crippen MR) is 165 cm³/mol. The number of carbonyl (C=O) groups is 1. The second kappa shape index (κ2) is 15.8. The zero-order valence-corrected chi connectivity index (χ0v) is 27.1. The Hall–Kier alpha value is -3.80. The van der Waals surface area contributed by atoms with Crippen LogP contribution >= 0.6 is 0 Å². The lowest BCUT2D eigenvalue weighted by molar-refractivity contribution is -0.940. The zero-order valence-electron chi connectivity index (χ0n) is 26.3. The SMILES string of the molecule is CCCOC(=O)CC[N+]1(C)CCc2cc(OC)c(OC)cc2C1Cc1ccc(OC)c(OC)c1.O=S(=O)([O-])c1ccccc1. The molecule has 0 amide bonds. The van der Waals surface area contributed by atoms with Crippen molar-refractivity contribution in [2.45, 2.75) is 43.5 Å². The number of methoxy groups -OCH3 is 4. The number of benzene rings is 3. The van der Waals surface area contributed by atoms with Crippen LogP contribution in [0.15, 0.2) is 65.6 Å². The number of hydrogen-bond donors (Lipinski definition) is 0. The molecule has 3 aromatic rings. The fourth-order valence-corrected chi connectivity index (χ4v) is 5.87. The van der Waals surface area contributed by atoms with Gasteiger partial charge < -0.3 is 32.7 Å². The van der Waals surface area contributed by atoms with Gasteiger partial charge in [-0.25, -0.2) is 8.42 Å². The van der Waals surface area contributed by atoms with Crippen LogP contribution in [-0.4, -0.2) is 78.6 Å². The third kappa shape index (κ3) is 8.87. The molecule has 11 heteroatoms. The molecule has 1 heterocycles. The number of carbonyl (C=O) groups excluding carboxylic acids is 1. The lowest BCUT2D eigenvalue weighted by Crippen LogP contribution is -2.53. The van der Waals surface area contributed by atoms with Gasteiger partial charge in [-0.1, -0.05) is 31.2 Å². The number of likely N-dealkylation sites (N-methyl/N-ethyl adjacent to an activating group) is 1. The molecule has 44 heavy (non-hydrogen) atoms. The number of quaternary nitrogens is 1. The molecule has 2 unspecified atom stereocenters. The summed E-state index contributed by atoms with van der Waals surface area (Å²) in [6.07, 6.45) is 2.90. The van der Waals surface area contributed by atoms with E-state index in [0.29, 0.717) is 31.1 Å². The number of nitrogens with zero attached hydrogens (tertiary/aromatic N) is 1. The molecule has 4 rings (SSSR count). The maximum absolute atomic E-state index is 12.3. The van der Waals surface area contributed by atoms with Gasteiger partial charge in [-0.05, 0) is 53.9 Å². The molecule has 0 saturated carbocycles. The Morgan fingerprint density at radius 3 is 2.07 bits per heavy atom. The van der Waals surface area contributed by atoms with Crippen molar-refractivity contribution in [3.63, 3.8) is 0 Å². The van der Waals surface area contributed by atoms with Crippen molar-refractivity contribution in [3.8, 4) is 23.0 Å². The number of hydrogen-bond acceptors (Lipinski definition) is 9. The van der Waals surface area contributed by atoms with Gasteiger partial charge in [0, 0.05) is 18.4 Å². The Morgan fingerprint density at radius 1 is 0.886 bits per heavy atom. The molecule has 0 fully saturated rings. The molecule has 0 aliphatic carbocycles. The molecule has 0 spiro atoms. The number of ether oxygens (including phenoxy) is 5. The van der Waals surface area contributed by atoms with Gasteiger partial charge in [-0.2, -0.15) is 0 Å². The highest BCUT2D eigenvalue weighted by Crippen LogP contribution is 2.43. The Balaban J connectivity index is 0.000000448. The van der Waals surface area contributed by atoms with Crippen LogP contribution in [0.4, 0.5) is 0 Å². The summed E-state index contributed by atoms with van der Waals surface area (Å²) in [5, 5.41) is 0. The normalized spacial score (nSPS) is 17.4. The first kappa shape index (κ1) is 34.7. The topological polar surface area (TPSA) is 120 Å². The summed E-state index contributed by atoms with van der Waals surface area (Å²) in [6.45, 7) is 4.09. The quantitative estimate of drug-likeness (QED) is 0.156. The molecule has 3 aromatic carbocycles. The van der Waals surface area contributed by atoms with Gasteiger partial charge in [0.2, 0.25) is 0 Å². The van der Waals surface area contributed by atoms with Crippen LogP contribution in [0.2, 0.25) is 0 Å². The lowest BCUT2D eigenvalue weighted by atomic mass is 9.86. The molecule has 240 valence electrons. The van der Waals surface area contributed by atoms with Crippen LogP contribution < -0.4 is 18.9 Å². The largest absolute Gasteiger partial charge is 0.744 e. The highest BCUT2D eigenvalue weighted by atomic mass is 32.2. The van der Waals surface area contributed by atoms with Gasteiger partial charge in [0.1, 0.15) is 16.2 Å². The van der Waals surface area contributed by atoms with E-state index in [0.717, 1.165) is 47.4 Å². The van der Waals surface area contributed by atoms with Crippen LogP contribution in [0.5, 0.6) is 23.0 Å². The van der Waals surface area contributed by atoms with Crippen LogP contribution in [0.1, 0.15) is 42.5 Å². The van der Waals surface area contributed by atoms with E-state index in [1.165, 1.54) is 35.4 Å². The molecule has 10 nitrogen and oxygen atoms in total. The summed E-state index contributed by atoms with van der Waals surface area (Å²) in [4.78, 5) is 12.2.